The van der Waals surface area contributed by atoms with E-state index >= 15 is 0 Å². The predicted octanol–water partition coefficient (Wildman–Crippen LogP) is 1.29. The van der Waals surface area contributed by atoms with E-state index in [1.807, 2.05) is 30.3 Å². The standard InChI is InChI=1S/C37H37N3O13/c38-36(39)40-14-37(50)32(46)31(34(48)49)53-35(33(37)47)52-26-13-25-28(30(45)29(26)44)23(43)12-24(51-25)18-9-8-16(41)11-20(18)21-10-15-4-1-2-5-17(15)19-6-3-7-22(42)27(19)21/h1-2,4-5,8-13,19,22,27,31-33,35,41-42,44-47,50H,3,6-7,14H2,(H,48,49)(H4,38,39,40). The number of aliphatic carboxylic acids is 1. The van der Waals surface area contributed by atoms with E-state index < -0.39 is 82.8 Å². The zero-order chi connectivity index (χ0) is 37.9. The molecule has 2 fully saturated rings. The van der Waals surface area contributed by atoms with E-state index in [1.54, 1.807) is 6.07 Å². The molecule has 16 nitrogen and oxygen atoms in total. The number of benzene rings is 3. The number of rotatable bonds is 7. The van der Waals surface area contributed by atoms with Crippen LogP contribution < -0.4 is 21.6 Å². The molecule has 1 saturated carbocycles. The third kappa shape index (κ3) is 6.09. The summed E-state index contributed by atoms with van der Waals surface area (Å²) in [6, 6.07) is 14.4. The fourth-order valence-electron chi connectivity index (χ4n) is 7.71. The number of phenolic OH excluding ortho intramolecular Hbond substituents is 3. The van der Waals surface area contributed by atoms with E-state index in [0.717, 1.165) is 41.7 Å². The van der Waals surface area contributed by atoms with Gasteiger partial charge in [-0.3, -0.25) is 9.79 Å². The highest BCUT2D eigenvalue weighted by atomic mass is 16.7. The largest absolute Gasteiger partial charge is 0.508 e. The summed E-state index contributed by atoms with van der Waals surface area (Å²) in [5.74, 6) is -5.43. The van der Waals surface area contributed by atoms with Gasteiger partial charge in [-0.2, -0.15) is 0 Å². The number of aliphatic hydroxyl groups excluding tert-OH is 3. The zero-order valence-corrected chi connectivity index (χ0v) is 27.9. The Morgan fingerprint density at radius 2 is 1.72 bits per heavy atom. The molecule has 0 amide bonds. The molecule has 53 heavy (non-hydrogen) atoms. The zero-order valence-electron chi connectivity index (χ0n) is 27.9. The first-order valence-corrected chi connectivity index (χ1v) is 16.7. The van der Waals surface area contributed by atoms with Crippen LogP contribution >= 0.6 is 0 Å². The van der Waals surface area contributed by atoms with E-state index in [0.29, 0.717) is 17.5 Å². The lowest BCUT2D eigenvalue weighted by Gasteiger charge is -2.45. The van der Waals surface area contributed by atoms with Gasteiger partial charge in [0.1, 0.15) is 40.3 Å². The number of ether oxygens (including phenoxy) is 2. The fraction of sp³-hybridized carbons (Fsp3) is 0.324. The van der Waals surface area contributed by atoms with Crippen LogP contribution in [0.25, 0.3) is 33.9 Å². The van der Waals surface area contributed by atoms with E-state index in [1.165, 1.54) is 12.1 Å². The second-order valence-corrected chi connectivity index (χ2v) is 13.5. The number of guanidine groups is 1. The molecule has 7 rings (SSSR count). The molecule has 2 aliphatic carbocycles. The van der Waals surface area contributed by atoms with Gasteiger partial charge < -0.3 is 66.2 Å². The fourth-order valence-corrected chi connectivity index (χ4v) is 7.71. The molecule has 8 atom stereocenters. The van der Waals surface area contributed by atoms with Crippen molar-refractivity contribution in [2.24, 2.45) is 22.4 Å². The average molecular weight is 732 g/mol. The minimum Gasteiger partial charge on any atom is -0.508 e. The topological polar surface area (TPSA) is 292 Å². The number of hydrogen-bond acceptors (Lipinski definition) is 13. The number of carbonyl (C=O) groups is 1. The summed E-state index contributed by atoms with van der Waals surface area (Å²) in [5, 5.41) is 85.8. The Balaban J connectivity index is 1.33. The Hall–Kier alpha value is -5.65. The number of aromatic hydroxyl groups is 3. The molecule has 0 bridgehead atoms. The number of nitrogens with two attached hydrogens (primary N) is 2. The maximum absolute atomic E-state index is 13.6. The van der Waals surface area contributed by atoms with Crippen LogP contribution in [0.15, 0.2) is 68.8 Å². The van der Waals surface area contributed by atoms with E-state index in [9.17, 15) is 50.4 Å². The van der Waals surface area contributed by atoms with Crippen LogP contribution in [0.4, 0.5) is 0 Å². The molecule has 12 N–H and O–H groups in total. The highest BCUT2D eigenvalue weighted by Crippen LogP contribution is 2.52. The first kappa shape index (κ1) is 35.7. The molecule has 278 valence electrons. The molecule has 3 aliphatic rings. The number of carboxylic acids is 1. The summed E-state index contributed by atoms with van der Waals surface area (Å²) in [6.07, 6.45) is -5.30. The summed E-state index contributed by atoms with van der Waals surface area (Å²) < 4.78 is 17.0. The van der Waals surface area contributed by atoms with Gasteiger partial charge in [-0.25, -0.2) is 4.79 Å². The normalized spacial score (nSPS) is 28.0. The molecule has 1 aromatic heterocycles. The number of nitrogens with zero attached hydrogens (tertiary/aromatic N) is 1. The van der Waals surface area contributed by atoms with Gasteiger partial charge in [0, 0.05) is 23.6 Å². The first-order chi connectivity index (χ1) is 25.2. The van der Waals surface area contributed by atoms with Crippen molar-refractivity contribution in [1.29, 1.82) is 0 Å². The summed E-state index contributed by atoms with van der Waals surface area (Å²) in [4.78, 5) is 29.1. The molecule has 16 heteroatoms. The monoisotopic (exact) mass is 731 g/mol. The number of aliphatic imine (C=N–C) groups is 1. The average Bonchev–Trinajstić information content (AvgIpc) is 3.12. The molecule has 1 saturated heterocycles. The molecular formula is C37H37N3O13. The van der Waals surface area contributed by atoms with Crippen LogP contribution in [0, 0.1) is 5.92 Å². The van der Waals surface area contributed by atoms with Gasteiger partial charge >= 0.3 is 5.97 Å². The van der Waals surface area contributed by atoms with Crippen molar-refractivity contribution >= 4 is 34.5 Å². The van der Waals surface area contributed by atoms with Gasteiger partial charge in [0.2, 0.25) is 12.0 Å². The Kier molecular flexibility index (Phi) is 9.03. The van der Waals surface area contributed by atoms with Crippen LogP contribution in [0.3, 0.4) is 0 Å². The van der Waals surface area contributed by atoms with Crippen molar-refractivity contribution in [3.8, 4) is 34.3 Å². The second kappa shape index (κ2) is 13.4. The summed E-state index contributed by atoms with van der Waals surface area (Å²) in [6.45, 7) is -0.881. The van der Waals surface area contributed by atoms with Crippen molar-refractivity contribution in [1.82, 2.24) is 0 Å². The van der Waals surface area contributed by atoms with E-state index in [4.69, 9.17) is 25.4 Å². The Morgan fingerprint density at radius 3 is 2.45 bits per heavy atom. The van der Waals surface area contributed by atoms with Crippen molar-refractivity contribution in [2.45, 2.75) is 61.5 Å². The maximum atomic E-state index is 13.6. The maximum Gasteiger partial charge on any atom is 0.335 e. The van der Waals surface area contributed by atoms with Gasteiger partial charge in [-0.05, 0) is 59.2 Å². The van der Waals surface area contributed by atoms with Crippen LogP contribution in [-0.2, 0) is 9.53 Å². The summed E-state index contributed by atoms with van der Waals surface area (Å²) in [7, 11) is 0. The molecule has 1 aliphatic heterocycles. The third-order valence-corrected chi connectivity index (χ3v) is 10.3. The summed E-state index contributed by atoms with van der Waals surface area (Å²) in [5.41, 5.74) is 10.4. The molecule has 4 aromatic rings. The van der Waals surface area contributed by atoms with Crippen molar-refractivity contribution in [3.63, 3.8) is 0 Å². The Bertz CT molecular complexity index is 2230. The van der Waals surface area contributed by atoms with Crippen LogP contribution in [0.2, 0.25) is 0 Å². The van der Waals surface area contributed by atoms with Crippen LogP contribution in [-0.4, -0.2) is 95.6 Å². The van der Waals surface area contributed by atoms with Gasteiger partial charge in [-0.15, -0.1) is 0 Å². The number of fused-ring (bicyclic) bond motifs is 4. The van der Waals surface area contributed by atoms with Crippen LogP contribution in [0.5, 0.6) is 23.0 Å². The van der Waals surface area contributed by atoms with Gasteiger partial charge in [0.05, 0.1) is 12.6 Å². The van der Waals surface area contributed by atoms with Crippen molar-refractivity contribution in [2.75, 3.05) is 6.54 Å². The number of hydrogen-bond donors (Lipinski definition) is 10. The lowest BCUT2D eigenvalue weighted by atomic mass is 9.64. The first-order valence-electron chi connectivity index (χ1n) is 16.7. The highest BCUT2D eigenvalue weighted by molar-refractivity contribution is 5.94. The molecular weight excluding hydrogens is 694 g/mol. The van der Waals surface area contributed by atoms with Crippen LogP contribution in [0.1, 0.15) is 41.9 Å². The quantitative estimate of drug-likeness (QED) is 0.0728. The number of aliphatic hydroxyl groups is 4. The molecule has 2 heterocycles. The van der Waals surface area contributed by atoms with Crippen molar-refractivity contribution < 1.29 is 59.5 Å². The van der Waals surface area contributed by atoms with Gasteiger partial charge in [0.15, 0.2) is 29.0 Å². The van der Waals surface area contributed by atoms with E-state index in [-0.39, 0.29) is 28.9 Å². The van der Waals surface area contributed by atoms with Gasteiger partial charge in [-0.1, -0.05) is 36.8 Å². The smallest absolute Gasteiger partial charge is 0.335 e. The number of phenols is 3. The third-order valence-electron chi connectivity index (χ3n) is 10.3. The lowest BCUT2D eigenvalue weighted by molar-refractivity contribution is -0.303. The van der Waals surface area contributed by atoms with Crippen molar-refractivity contribution in [3.05, 3.63) is 81.5 Å². The predicted molar refractivity (Wildman–Crippen MR) is 188 cm³/mol. The highest BCUT2D eigenvalue weighted by Gasteiger charge is 2.58. The molecule has 8 unspecified atom stereocenters. The molecule has 0 radical (unpaired) electrons. The van der Waals surface area contributed by atoms with E-state index in [2.05, 4.69) is 4.99 Å². The lowest BCUT2D eigenvalue weighted by Crippen LogP contribution is -2.70. The SMILES string of the molecule is NC(N)=NCC1(O)C(O)C(Oc2cc3oc(-c4ccc(O)cc4C4=Cc5ccccc5C5CCCC(O)C45)cc(=O)c3c(O)c2O)OC(C(=O)O)C1O. The molecule has 0 spiro atoms. The second-order valence-electron chi connectivity index (χ2n) is 13.5. The number of carboxylic acid groups (broad SMARTS) is 1. The molecule has 3 aromatic carbocycles. The Morgan fingerprint density at radius 1 is 0.962 bits per heavy atom. The minimum atomic E-state index is -2.74. The minimum absolute atomic E-state index is 0.00953. The van der Waals surface area contributed by atoms with Gasteiger partial charge in [0.25, 0.3) is 0 Å². The summed E-state index contributed by atoms with van der Waals surface area (Å²) >= 11 is 0. The Labute approximate surface area is 300 Å².